The second-order valence-corrected chi connectivity index (χ2v) is 12.5. The average Bonchev–Trinajstić information content (AvgIpc) is 3.65. The molecule has 2 aromatic rings. The van der Waals surface area contributed by atoms with Crippen LogP contribution in [0.1, 0.15) is 50.1 Å². The van der Waals surface area contributed by atoms with Crippen molar-refractivity contribution in [3.05, 3.63) is 64.9 Å². The van der Waals surface area contributed by atoms with Crippen LogP contribution in [0.25, 0.3) is 0 Å². The Labute approximate surface area is 227 Å². The minimum Gasteiger partial charge on any atom is -0.351 e. The van der Waals surface area contributed by atoms with Crippen molar-refractivity contribution < 1.29 is 22.4 Å². The molecular weight excluding hydrogens is 531 g/mol. The molecule has 11 heteroatoms. The summed E-state index contributed by atoms with van der Waals surface area (Å²) in [4.78, 5) is 29.4. The molecule has 2 heterocycles. The average molecular weight is 563 g/mol. The number of amides is 2. The van der Waals surface area contributed by atoms with Gasteiger partial charge in [0.05, 0.1) is 5.92 Å². The van der Waals surface area contributed by atoms with E-state index in [1.165, 1.54) is 31.7 Å². The minimum absolute atomic E-state index is 0.00294. The Morgan fingerprint density at radius 1 is 0.974 bits per heavy atom. The lowest BCUT2D eigenvalue weighted by Crippen LogP contribution is -2.49. The first-order chi connectivity index (χ1) is 18.3. The van der Waals surface area contributed by atoms with Gasteiger partial charge in [0.2, 0.25) is 11.8 Å². The fourth-order valence-electron chi connectivity index (χ4n) is 5.42. The molecule has 1 N–H and O–H groups in total. The van der Waals surface area contributed by atoms with Crippen molar-refractivity contribution in [2.75, 3.05) is 31.1 Å². The molecule has 2 amide bonds. The minimum atomic E-state index is -3.61. The lowest BCUT2D eigenvalue weighted by Gasteiger charge is -2.35. The molecule has 1 aliphatic carbocycles. The van der Waals surface area contributed by atoms with Gasteiger partial charge in [-0.15, -0.1) is 0 Å². The van der Waals surface area contributed by atoms with Gasteiger partial charge in [-0.05, 0) is 43.5 Å². The van der Waals surface area contributed by atoms with Crippen LogP contribution in [0.15, 0.2) is 48.5 Å². The number of rotatable bonds is 8. The zero-order valence-electron chi connectivity index (χ0n) is 21.1. The first-order valence-corrected chi connectivity index (χ1v) is 14.9. The van der Waals surface area contributed by atoms with Gasteiger partial charge in [-0.2, -0.15) is 17.0 Å². The molecule has 3 fully saturated rings. The van der Waals surface area contributed by atoms with E-state index < -0.39 is 39.8 Å². The van der Waals surface area contributed by atoms with Gasteiger partial charge < -0.3 is 5.32 Å². The van der Waals surface area contributed by atoms with Crippen molar-refractivity contribution in [3.8, 4) is 0 Å². The topological polar surface area (TPSA) is 89.8 Å². The number of nitrogens with one attached hydrogen (secondary N) is 1. The highest BCUT2D eigenvalue weighted by atomic mass is 35.5. The Morgan fingerprint density at radius 3 is 2.39 bits per heavy atom. The van der Waals surface area contributed by atoms with Gasteiger partial charge in [-0.1, -0.05) is 55.1 Å². The summed E-state index contributed by atoms with van der Waals surface area (Å²) in [6, 6.07) is 11.2. The first kappa shape index (κ1) is 27.1. The number of halogens is 2. The summed E-state index contributed by atoms with van der Waals surface area (Å²) in [5, 5.41) is 3.42. The maximum Gasteiger partial charge on any atom is 0.282 e. The first-order valence-electron chi connectivity index (χ1n) is 13.1. The van der Waals surface area contributed by atoms with Crippen LogP contribution < -0.4 is 10.2 Å². The number of anilines is 1. The van der Waals surface area contributed by atoms with E-state index in [0.29, 0.717) is 30.1 Å². The van der Waals surface area contributed by atoms with Gasteiger partial charge in [0.25, 0.3) is 10.2 Å². The summed E-state index contributed by atoms with van der Waals surface area (Å²) in [7, 11) is -3.61. The molecule has 0 aromatic heterocycles. The maximum atomic E-state index is 14.4. The fourth-order valence-corrected chi connectivity index (χ4v) is 7.24. The van der Waals surface area contributed by atoms with E-state index in [9.17, 15) is 22.4 Å². The normalized spacial score (nSPS) is 21.7. The molecule has 2 atom stereocenters. The van der Waals surface area contributed by atoms with Crippen molar-refractivity contribution in [1.82, 2.24) is 13.9 Å². The lowest BCUT2D eigenvalue weighted by atomic mass is 9.94. The number of hydrogen-bond donors (Lipinski definition) is 1. The molecule has 3 aliphatic rings. The van der Waals surface area contributed by atoms with E-state index in [-0.39, 0.29) is 24.8 Å². The predicted molar refractivity (Wildman–Crippen MR) is 143 cm³/mol. The Balaban J connectivity index is 1.52. The standard InChI is InChI=1S/C27H32ClFN4O4S/c28-24-12-5-4-11-23(24)25(26(34)30-21-8-2-1-3-9-21)33(22-10-6-7-20(29)17-22)27(35)19-13-14-32(18-19)38(36,37)31-15-16-31/h4-7,10-12,17,19,21,25H,1-3,8-9,13-16,18H2,(H,30,34)/t19-,25+/m0/s1. The van der Waals surface area contributed by atoms with Crippen molar-refractivity contribution in [1.29, 1.82) is 0 Å². The molecule has 0 spiro atoms. The molecule has 204 valence electrons. The van der Waals surface area contributed by atoms with E-state index in [0.717, 1.165) is 32.1 Å². The van der Waals surface area contributed by atoms with Gasteiger partial charge >= 0.3 is 0 Å². The molecule has 0 radical (unpaired) electrons. The summed E-state index contributed by atoms with van der Waals surface area (Å²) in [5.74, 6) is -2.08. The number of nitrogens with zero attached hydrogens (tertiary/aromatic N) is 3. The van der Waals surface area contributed by atoms with Crippen LogP contribution in [0, 0.1) is 11.7 Å². The summed E-state index contributed by atoms with van der Waals surface area (Å²) in [6.07, 6.45) is 5.14. The quantitative estimate of drug-likeness (QED) is 0.494. The van der Waals surface area contributed by atoms with Gasteiger partial charge in [-0.3, -0.25) is 14.5 Å². The SMILES string of the molecule is O=C(NC1CCCCC1)[C@@H](c1ccccc1Cl)N(C(=O)[C@H]1CCN(S(=O)(=O)N2CC2)C1)c1cccc(F)c1. The Kier molecular flexibility index (Phi) is 8.04. The zero-order valence-corrected chi connectivity index (χ0v) is 22.6. The van der Waals surface area contributed by atoms with Crippen LogP contribution in [0.3, 0.4) is 0 Å². The molecular formula is C27H32ClFN4O4S. The summed E-state index contributed by atoms with van der Waals surface area (Å²) in [6.45, 7) is 1.16. The Hall–Kier alpha value is -2.53. The monoisotopic (exact) mass is 562 g/mol. The van der Waals surface area contributed by atoms with Gasteiger partial charge in [0, 0.05) is 48.5 Å². The van der Waals surface area contributed by atoms with Crippen molar-refractivity contribution in [2.24, 2.45) is 5.92 Å². The predicted octanol–water partition coefficient (Wildman–Crippen LogP) is 3.88. The molecule has 2 aliphatic heterocycles. The summed E-state index contributed by atoms with van der Waals surface area (Å²) < 4.78 is 42.7. The molecule has 2 saturated heterocycles. The summed E-state index contributed by atoms with van der Waals surface area (Å²) >= 11 is 6.57. The molecule has 1 saturated carbocycles. The fraction of sp³-hybridized carbons (Fsp3) is 0.481. The van der Waals surface area contributed by atoms with Crippen molar-refractivity contribution >= 4 is 39.3 Å². The van der Waals surface area contributed by atoms with Crippen molar-refractivity contribution in [3.63, 3.8) is 0 Å². The largest absolute Gasteiger partial charge is 0.351 e. The van der Waals surface area contributed by atoms with Crippen LogP contribution in [-0.4, -0.2) is 61.1 Å². The second-order valence-electron chi connectivity index (χ2n) is 10.2. The van der Waals surface area contributed by atoms with Crippen LogP contribution in [0.2, 0.25) is 5.02 Å². The molecule has 38 heavy (non-hydrogen) atoms. The number of carbonyl (C=O) groups is 2. The van der Waals surface area contributed by atoms with E-state index in [2.05, 4.69) is 5.32 Å². The zero-order chi connectivity index (χ0) is 26.9. The Morgan fingerprint density at radius 2 is 1.71 bits per heavy atom. The second kappa shape index (κ2) is 11.3. The molecule has 8 nitrogen and oxygen atoms in total. The van der Waals surface area contributed by atoms with Gasteiger partial charge in [-0.25, -0.2) is 4.39 Å². The molecule has 0 unspecified atom stereocenters. The number of benzene rings is 2. The maximum absolute atomic E-state index is 14.4. The molecule has 0 bridgehead atoms. The number of hydrogen-bond acceptors (Lipinski definition) is 4. The third-order valence-corrected chi connectivity index (χ3v) is 9.89. The van der Waals surface area contributed by atoms with Crippen LogP contribution in [0.5, 0.6) is 0 Å². The van der Waals surface area contributed by atoms with E-state index in [1.807, 2.05) is 0 Å². The lowest BCUT2D eigenvalue weighted by molar-refractivity contribution is -0.128. The highest BCUT2D eigenvalue weighted by Gasteiger charge is 2.45. The Bertz CT molecular complexity index is 1300. The third-order valence-electron chi connectivity index (χ3n) is 7.54. The van der Waals surface area contributed by atoms with Crippen molar-refractivity contribution in [2.45, 2.75) is 50.6 Å². The smallest absolute Gasteiger partial charge is 0.282 e. The van der Waals surface area contributed by atoms with Crippen LogP contribution >= 0.6 is 11.6 Å². The van der Waals surface area contributed by atoms with Gasteiger partial charge in [0.15, 0.2) is 0 Å². The highest BCUT2D eigenvalue weighted by Crippen LogP contribution is 2.36. The summed E-state index contributed by atoms with van der Waals surface area (Å²) in [5.41, 5.74) is 0.637. The molecule has 2 aromatic carbocycles. The van der Waals surface area contributed by atoms with E-state index >= 15 is 0 Å². The number of carbonyl (C=O) groups excluding carboxylic acids is 2. The van der Waals surface area contributed by atoms with Crippen LogP contribution in [-0.2, 0) is 19.8 Å². The highest BCUT2D eigenvalue weighted by molar-refractivity contribution is 7.87. The van der Waals surface area contributed by atoms with E-state index in [4.69, 9.17) is 11.6 Å². The van der Waals surface area contributed by atoms with E-state index in [1.54, 1.807) is 30.3 Å². The van der Waals surface area contributed by atoms with Crippen LogP contribution in [0.4, 0.5) is 10.1 Å². The molecule has 5 rings (SSSR count). The van der Waals surface area contributed by atoms with Gasteiger partial charge in [0.1, 0.15) is 11.9 Å². The third kappa shape index (κ3) is 5.73.